The van der Waals surface area contributed by atoms with Gasteiger partial charge >= 0.3 is 0 Å². The van der Waals surface area contributed by atoms with E-state index in [4.69, 9.17) is 0 Å². The third kappa shape index (κ3) is 5.43. The molecule has 0 aliphatic heterocycles. The lowest BCUT2D eigenvalue weighted by Crippen LogP contribution is -2.24. The van der Waals surface area contributed by atoms with Crippen LogP contribution in [0, 0.1) is 6.92 Å². The number of para-hydroxylation sites is 3. The van der Waals surface area contributed by atoms with Crippen LogP contribution in [0.4, 0.5) is 0 Å². The number of hydrogen-bond donors (Lipinski definition) is 1. The summed E-state index contributed by atoms with van der Waals surface area (Å²) in [6.45, 7) is 6.63. The van der Waals surface area contributed by atoms with Gasteiger partial charge in [-0.25, -0.2) is 0 Å². The van der Waals surface area contributed by atoms with Crippen molar-refractivity contribution in [1.29, 1.82) is 0 Å². The first-order valence-electron chi connectivity index (χ1n) is 21.6. The lowest BCUT2D eigenvalue weighted by molar-refractivity contribution is 0.477. The van der Waals surface area contributed by atoms with Gasteiger partial charge in [-0.05, 0) is 133 Å². The molecule has 2 aliphatic rings. The summed E-state index contributed by atoms with van der Waals surface area (Å²) in [6, 6.07) is 52.5. The fraction of sp³-hybridized carbons (Fsp3) is 0.103. The van der Waals surface area contributed by atoms with Crippen LogP contribution >= 0.6 is 11.3 Å². The quantitative estimate of drug-likeness (QED) is 0.184. The van der Waals surface area contributed by atoms with Gasteiger partial charge in [0.05, 0.1) is 22.1 Å². The van der Waals surface area contributed by atoms with E-state index in [1.54, 1.807) is 0 Å². The smallest absolute Gasteiger partial charge is 0.123 e. The number of thiophene rings is 1. The molecule has 12 rings (SSSR count). The van der Waals surface area contributed by atoms with Crippen molar-refractivity contribution >= 4 is 76.8 Å². The minimum absolute atomic E-state index is 0.211. The lowest BCUT2D eigenvalue weighted by Gasteiger charge is -2.32. The Kier molecular flexibility index (Phi) is 8.26. The first-order chi connectivity index (χ1) is 30.4. The number of aromatic hydroxyl groups is 1. The second kappa shape index (κ2) is 14.0. The number of aromatic nitrogens is 2. The largest absolute Gasteiger partial charge is 0.507 e. The topological polar surface area (TPSA) is 30.1 Å². The zero-order chi connectivity index (χ0) is 41.7. The Hall–Kier alpha value is -7.14. The first kappa shape index (κ1) is 36.7. The van der Waals surface area contributed by atoms with Crippen LogP contribution in [0.25, 0.3) is 93.4 Å². The number of hydrogen-bond acceptors (Lipinski definition) is 2. The number of phenols is 1. The minimum atomic E-state index is -0.211. The van der Waals surface area contributed by atoms with Gasteiger partial charge in [0, 0.05) is 58.9 Å². The van der Waals surface area contributed by atoms with E-state index in [1.807, 2.05) is 17.4 Å². The number of nitrogens with zero attached hydrogens (tertiary/aromatic N) is 2. The van der Waals surface area contributed by atoms with Crippen LogP contribution in [0.5, 0.6) is 5.75 Å². The van der Waals surface area contributed by atoms with Crippen LogP contribution in [0.15, 0.2) is 182 Å². The predicted molar refractivity (Wildman–Crippen MR) is 265 cm³/mol. The average molecular weight is 817 g/mol. The number of fused-ring (bicyclic) bond motifs is 10. The highest BCUT2D eigenvalue weighted by Gasteiger charge is 2.30. The van der Waals surface area contributed by atoms with E-state index in [-0.39, 0.29) is 11.2 Å². The van der Waals surface area contributed by atoms with Gasteiger partial charge < -0.3 is 14.2 Å². The fourth-order valence-electron chi connectivity index (χ4n) is 10.6. The normalized spacial score (nSPS) is 17.0. The summed E-state index contributed by atoms with van der Waals surface area (Å²) in [5.74, 6) is 0.264. The van der Waals surface area contributed by atoms with Crippen molar-refractivity contribution in [3.63, 3.8) is 0 Å². The molecule has 1 unspecified atom stereocenters. The molecule has 0 bridgehead atoms. The zero-order valence-corrected chi connectivity index (χ0v) is 35.8. The molecule has 2 aliphatic carbocycles. The van der Waals surface area contributed by atoms with Crippen molar-refractivity contribution in [2.24, 2.45) is 0 Å². The number of allylic oxidation sites excluding steroid dienone is 7. The summed E-state index contributed by atoms with van der Waals surface area (Å²) in [7, 11) is 0. The molecule has 1 N–H and O–H groups in total. The average Bonchev–Trinajstić information content (AvgIpc) is 3.97. The molecule has 3 aromatic heterocycles. The molecule has 0 amide bonds. The first-order valence-corrected chi connectivity index (χ1v) is 22.5. The van der Waals surface area contributed by atoms with Crippen molar-refractivity contribution in [2.45, 2.75) is 39.0 Å². The monoisotopic (exact) mass is 816 g/mol. The number of benzene rings is 7. The Morgan fingerprint density at radius 3 is 2.11 bits per heavy atom. The maximum absolute atomic E-state index is 11.5. The number of rotatable bonds is 5. The van der Waals surface area contributed by atoms with Gasteiger partial charge in [-0.2, -0.15) is 0 Å². The highest BCUT2D eigenvalue weighted by molar-refractivity contribution is 7.20. The van der Waals surface area contributed by atoms with Gasteiger partial charge in [0.2, 0.25) is 0 Å². The maximum Gasteiger partial charge on any atom is 0.123 e. The molecule has 0 radical (unpaired) electrons. The standard InChI is InChI=1S/C58H44N2OS/c1-4-40-16-11-12-31-58(40,3)49-33-38(24-23-36(49)2)37-14-13-15-39(32-37)47-34-41(25-29-54(47)61)60-52-22-10-7-19-46(52)56-53(60)28-27-45-48-35-42(26-30-55(48)62-57(45)56)59-50-20-8-5-17-43(50)44-18-6-9-21-51(44)59/h4-25,27-29,31-35,61H,26,30H2,1-3H3/b40-4+. The van der Waals surface area contributed by atoms with Crippen molar-refractivity contribution < 1.29 is 5.11 Å². The molecule has 62 heavy (non-hydrogen) atoms. The van der Waals surface area contributed by atoms with E-state index in [1.165, 1.54) is 81.0 Å². The van der Waals surface area contributed by atoms with E-state index in [2.05, 4.69) is 206 Å². The summed E-state index contributed by atoms with van der Waals surface area (Å²) in [5, 5.41) is 18.0. The zero-order valence-electron chi connectivity index (χ0n) is 35.0. The highest BCUT2D eigenvalue weighted by Crippen LogP contribution is 2.47. The molecular formula is C58H44N2OS. The molecule has 0 saturated heterocycles. The second-order valence-corrected chi connectivity index (χ2v) is 18.2. The van der Waals surface area contributed by atoms with Crippen molar-refractivity contribution in [1.82, 2.24) is 9.13 Å². The van der Waals surface area contributed by atoms with Crippen LogP contribution in [0.1, 0.15) is 41.8 Å². The molecular weight excluding hydrogens is 773 g/mol. The molecule has 0 fully saturated rings. The molecule has 3 heterocycles. The molecule has 4 heteroatoms. The van der Waals surface area contributed by atoms with Crippen molar-refractivity contribution in [2.75, 3.05) is 0 Å². The molecule has 298 valence electrons. The Labute approximate surface area is 365 Å². The van der Waals surface area contributed by atoms with Gasteiger partial charge in [0.1, 0.15) is 5.75 Å². The molecule has 0 saturated carbocycles. The highest BCUT2D eigenvalue weighted by atomic mass is 32.1. The van der Waals surface area contributed by atoms with Crippen LogP contribution < -0.4 is 0 Å². The predicted octanol–water partition coefficient (Wildman–Crippen LogP) is 15.7. The second-order valence-electron chi connectivity index (χ2n) is 17.1. The summed E-state index contributed by atoms with van der Waals surface area (Å²) in [5.41, 5.74) is 16.3. The molecule has 7 aromatic carbocycles. The van der Waals surface area contributed by atoms with Crippen LogP contribution in [0.2, 0.25) is 0 Å². The lowest BCUT2D eigenvalue weighted by atomic mass is 9.71. The summed E-state index contributed by atoms with van der Waals surface area (Å²) in [6.07, 6.45) is 15.5. The minimum Gasteiger partial charge on any atom is -0.507 e. The molecule has 0 spiro atoms. The van der Waals surface area contributed by atoms with Gasteiger partial charge in [-0.1, -0.05) is 121 Å². The van der Waals surface area contributed by atoms with E-state index < -0.39 is 0 Å². The van der Waals surface area contributed by atoms with E-state index in [0.717, 1.165) is 46.3 Å². The summed E-state index contributed by atoms with van der Waals surface area (Å²) < 4.78 is 6.21. The van der Waals surface area contributed by atoms with Gasteiger partial charge in [-0.15, -0.1) is 11.3 Å². The third-order valence-electron chi connectivity index (χ3n) is 13.7. The number of aryl methyl sites for hydroxylation is 2. The van der Waals surface area contributed by atoms with Crippen molar-refractivity contribution in [3.05, 3.63) is 203 Å². The third-order valence-corrected chi connectivity index (χ3v) is 15.0. The van der Waals surface area contributed by atoms with Crippen LogP contribution in [-0.4, -0.2) is 14.2 Å². The summed E-state index contributed by atoms with van der Waals surface area (Å²) >= 11 is 1.96. The maximum atomic E-state index is 11.5. The Morgan fingerprint density at radius 2 is 1.34 bits per heavy atom. The molecule has 10 aromatic rings. The molecule has 1 atom stereocenters. The van der Waals surface area contributed by atoms with E-state index in [9.17, 15) is 5.11 Å². The Bertz CT molecular complexity index is 3580. The van der Waals surface area contributed by atoms with Gasteiger partial charge in [-0.3, -0.25) is 0 Å². The SMILES string of the molecule is C/C=C1\C=CC=CC1(C)c1cc(-c2cccc(-c3cc(-n4c5ccccc5c5c6sc7c(c6ccc54)C=C(n4c5ccccc5c5ccccc54)CC7)ccc3O)c2)ccc1C. The summed E-state index contributed by atoms with van der Waals surface area (Å²) in [4.78, 5) is 1.45. The van der Waals surface area contributed by atoms with E-state index >= 15 is 0 Å². The van der Waals surface area contributed by atoms with Crippen LogP contribution in [0.3, 0.4) is 0 Å². The Morgan fingerprint density at radius 1 is 0.629 bits per heavy atom. The van der Waals surface area contributed by atoms with E-state index in [0.29, 0.717) is 0 Å². The molecule has 3 nitrogen and oxygen atoms in total. The number of phenolic OH excluding ortho intramolecular Hbond substituents is 1. The van der Waals surface area contributed by atoms with Crippen LogP contribution in [-0.2, 0) is 11.8 Å². The van der Waals surface area contributed by atoms with Crippen molar-refractivity contribution in [3.8, 4) is 33.7 Å². The van der Waals surface area contributed by atoms with Gasteiger partial charge in [0.25, 0.3) is 0 Å². The Balaban J connectivity index is 0.974. The fourth-order valence-corrected chi connectivity index (χ4v) is 12.0. The van der Waals surface area contributed by atoms with Gasteiger partial charge in [0.15, 0.2) is 0 Å².